The Morgan fingerprint density at radius 2 is 1.72 bits per heavy atom. The van der Waals surface area contributed by atoms with E-state index >= 15 is 0 Å². The maximum absolute atomic E-state index is 13.4. The molecular formula is C23H26Cl3N4O2+. The largest absolute Gasteiger partial charge is 0.372 e. The first-order chi connectivity index (χ1) is 15.3. The van der Waals surface area contributed by atoms with Crippen LogP contribution in [0.15, 0.2) is 47.6 Å². The van der Waals surface area contributed by atoms with Crippen LogP contribution in [0.2, 0.25) is 15.1 Å². The summed E-state index contributed by atoms with van der Waals surface area (Å²) in [5, 5.41) is 8.04. The number of hydrogen-bond donors (Lipinski definition) is 1. The first kappa shape index (κ1) is 23.3. The maximum Gasteiger partial charge on any atom is 0.314 e. The average molecular weight is 497 g/mol. The maximum atomic E-state index is 13.4. The summed E-state index contributed by atoms with van der Waals surface area (Å²) in [6.45, 7) is 1.79. The van der Waals surface area contributed by atoms with Crippen molar-refractivity contribution in [2.75, 3.05) is 32.3 Å². The van der Waals surface area contributed by atoms with E-state index in [1.54, 1.807) is 30.3 Å². The van der Waals surface area contributed by atoms with Crippen molar-refractivity contribution in [1.29, 1.82) is 0 Å². The number of carbonyl (C=O) groups is 1. The third-order valence-electron chi connectivity index (χ3n) is 6.06. The van der Waals surface area contributed by atoms with Gasteiger partial charge in [0.15, 0.2) is 5.71 Å². The smallest absolute Gasteiger partial charge is 0.314 e. The molecule has 2 aromatic rings. The van der Waals surface area contributed by atoms with Crippen LogP contribution in [-0.4, -0.2) is 49.6 Å². The molecule has 1 fully saturated rings. The van der Waals surface area contributed by atoms with Crippen LogP contribution >= 0.6 is 34.8 Å². The number of methoxy groups -OCH3 is 1. The summed E-state index contributed by atoms with van der Waals surface area (Å²) in [7, 11) is 3.62. The van der Waals surface area contributed by atoms with E-state index in [0.29, 0.717) is 31.1 Å². The number of benzene rings is 2. The number of halogens is 3. The Labute approximate surface area is 203 Å². The van der Waals surface area contributed by atoms with E-state index < -0.39 is 12.1 Å². The highest BCUT2D eigenvalue weighted by molar-refractivity contribution is 6.41. The van der Waals surface area contributed by atoms with Gasteiger partial charge in [-0.25, -0.2) is 4.59 Å². The lowest BCUT2D eigenvalue weighted by Crippen LogP contribution is -2.61. The van der Waals surface area contributed by atoms with Crippen LogP contribution in [-0.2, 0) is 9.53 Å². The molecule has 2 atom stereocenters. The number of anilines is 1. The van der Waals surface area contributed by atoms with Crippen molar-refractivity contribution in [3.05, 3.63) is 63.1 Å². The van der Waals surface area contributed by atoms with Gasteiger partial charge in [0, 0.05) is 17.2 Å². The van der Waals surface area contributed by atoms with Crippen LogP contribution < -0.4 is 10.4 Å². The first-order valence-electron chi connectivity index (χ1n) is 10.6. The van der Waals surface area contributed by atoms with Gasteiger partial charge in [-0.2, -0.15) is 10.5 Å². The Bertz CT molecular complexity index is 1020. The normalized spacial score (nSPS) is 22.5. The monoisotopic (exact) mass is 495 g/mol. The lowest BCUT2D eigenvalue weighted by Gasteiger charge is -2.36. The van der Waals surface area contributed by atoms with Crippen LogP contribution in [0.3, 0.4) is 0 Å². The highest BCUT2D eigenvalue weighted by atomic mass is 35.5. The fraction of sp³-hybridized carbons (Fsp3) is 0.391. The molecule has 4 rings (SSSR count). The topological polar surface area (TPSA) is 53.9 Å². The van der Waals surface area contributed by atoms with Crippen LogP contribution in [0.25, 0.3) is 0 Å². The summed E-state index contributed by atoms with van der Waals surface area (Å²) in [5.41, 5.74) is 5.01. The predicted molar refractivity (Wildman–Crippen MR) is 129 cm³/mol. The third kappa shape index (κ3) is 4.75. The molecule has 2 heterocycles. The van der Waals surface area contributed by atoms with Gasteiger partial charge < -0.3 is 4.74 Å². The zero-order valence-electron chi connectivity index (χ0n) is 18.0. The summed E-state index contributed by atoms with van der Waals surface area (Å²) in [6, 6.07) is 12.2. The van der Waals surface area contributed by atoms with E-state index in [2.05, 4.69) is 5.43 Å². The molecule has 1 N–H and O–H groups in total. The number of nitrogens with zero attached hydrogens (tertiary/aromatic N) is 3. The first-order valence-corrected chi connectivity index (χ1v) is 11.7. The Morgan fingerprint density at radius 3 is 2.34 bits per heavy atom. The number of rotatable bonds is 5. The van der Waals surface area contributed by atoms with Crippen LogP contribution in [0.5, 0.6) is 0 Å². The number of carbonyl (C=O) groups excluding carboxylic acids is 1. The number of likely N-dealkylation sites (tertiary alicyclic amines) is 1. The minimum Gasteiger partial charge on any atom is -0.372 e. The van der Waals surface area contributed by atoms with Crippen LogP contribution in [0.1, 0.15) is 30.9 Å². The zero-order chi connectivity index (χ0) is 22.9. The fourth-order valence-electron chi connectivity index (χ4n) is 4.40. The lowest BCUT2D eigenvalue weighted by atomic mass is 9.98. The molecule has 170 valence electrons. The van der Waals surface area contributed by atoms with Crippen molar-refractivity contribution >= 4 is 52.1 Å². The minimum atomic E-state index is -0.598. The zero-order valence-corrected chi connectivity index (χ0v) is 20.3. The van der Waals surface area contributed by atoms with Crippen LogP contribution in [0.4, 0.5) is 5.69 Å². The molecule has 1 saturated heterocycles. The van der Waals surface area contributed by atoms with Gasteiger partial charge >= 0.3 is 5.91 Å². The van der Waals surface area contributed by atoms with Crippen molar-refractivity contribution in [3.63, 3.8) is 0 Å². The molecule has 0 aromatic heterocycles. The highest BCUT2D eigenvalue weighted by Crippen LogP contribution is 2.41. The summed E-state index contributed by atoms with van der Waals surface area (Å²) >= 11 is 18.7. The SMILES string of the molecule is CO[C@@H]1C(C(=O)N[N+]2(C)CCCCC2)=NN(c2ccc(Cl)cc2Cl)[C@@H]1c1ccc(Cl)cc1. The number of piperidine rings is 1. The Balaban J connectivity index is 1.73. The fourth-order valence-corrected chi connectivity index (χ4v) is 5.02. The molecule has 0 unspecified atom stereocenters. The van der Waals surface area contributed by atoms with Crippen molar-refractivity contribution in [1.82, 2.24) is 5.43 Å². The van der Waals surface area contributed by atoms with E-state index in [9.17, 15) is 4.79 Å². The van der Waals surface area contributed by atoms with Gasteiger partial charge in [-0.15, -0.1) is 0 Å². The van der Waals surface area contributed by atoms with Crippen molar-refractivity contribution in [3.8, 4) is 0 Å². The predicted octanol–water partition coefficient (Wildman–Crippen LogP) is 5.24. The van der Waals surface area contributed by atoms with Crippen molar-refractivity contribution in [2.24, 2.45) is 5.10 Å². The van der Waals surface area contributed by atoms with Gasteiger partial charge in [0.1, 0.15) is 25.2 Å². The third-order valence-corrected chi connectivity index (χ3v) is 6.85. The summed E-state index contributed by atoms with van der Waals surface area (Å²) < 4.78 is 6.32. The van der Waals surface area contributed by atoms with E-state index in [1.165, 1.54) is 6.42 Å². The second-order valence-electron chi connectivity index (χ2n) is 8.42. The Hall–Kier alpha value is -1.83. The standard InChI is InChI=1S/C23H25Cl3N4O2/c1-30(12-4-3-5-13-30)28-23(31)20-22(32-2)21(15-6-8-16(24)9-7-15)29(27-20)19-11-10-17(25)14-18(19)26/h6-11,14,21-22H,3-5,12-13H2,1-2H3/p+1/t21-,22-/m1/s1. The Kier molecular flexibility index (Phi) is 6.98. The quantitative estimate of drug-likeness (QED) is 0.576. The van der Waals surface area contributed by atoms with E-state index in [4.69, 9.17) is 44.6 Å². The average Bonchev–Trinajstić information content (AvgIpc) is 3.14. The van der Waals surface area contributed by atoms with Gasteiger partial charge in [0.25, 0.3) is 0 Å². The van der Waals surface area contributed by atoms with Crippen LogP contribution in [0, 0.1) is 0 Å². The molecule has 2 aliphatic rings. The number of ether oxygens (including phenoxy) is 1. The molecule has 0 radical (unpaired) electrons. The van der Waals surface area contributed by atoms with Crippen molar-refractivity contribution < 1.29 is 14.1 Å². The summed E-state index contributed by atoms with van der Waals surface area (Å²) in [6.07, 6.45) is 2.75. The lowest BCUT2D eigenvalue weighted by molar-refractivity contribution is -0.947. The number of quaternary nitrogens is 1. The van der Waals surface area contributed by atoms with Gasteiger partial charge in [0.2, 0.25) is 0 Å². The summed E-state index contributed by atoms with van der Waals surface area (Å²) in [4.78, 5) is 13.4. The molecule has 9 heteroatoms. The molecule has 32 heavy (non-hydrogen) atoms. The van der Waals surface area contributed by atoms with Gasteiger partial charge in [-0.1, -0.05) is 46.9 Å². The van der Waals surface area contributed by atoms with Gasteiger partial charge in [0.05, 0.1) is 17.8 Å². The molecule has 0 aliphatic carbocycles. The summed E-state index contributed by atoms with van der Waals surface area (Å²) in [5.74, 6) is -0.243. The highest BCUT2D eigenvalue weighted by Gasteiger charge is 2.44. The number of hydrogen-bond acceptors (Lipinski definition) is 4. The van der Waals surface area contributed by atoms with E-state index in [1.807, 2.05) is 31.3 Å². The molecule has 2 aliphatic heterocycles. The molecule has 2 aromatic carbocycles. The second-order valence-corrected chi connectivity index (χ2v) is 9.70. The van der Waals surface area contributed by atoms with Gasteiger partial charge in [-0.05, 0) is 55.2 Å². The Morgan fingerprint density at radius 1 is 1.06 bits per heavy atom. The second kappa shape index (κ2) is 9.57. The molecule has 6 nitrogen and oxygen atoms in total. The van der Waals surface area contributed by atoms with E-state index in [-0.39, 0.29) is 5.91 Å². The molecule has 0 saturated carbocycles. The molecule has 1 amide bonds. The minimum absolute atomic E-state index is 0.243. The molecular weight excluding hydrogens is 471 g/mol. The number of amides is 1. The van der Waals surface area contributed by atoms with E-state index in [0.717, 1.165) is 31.5 Å². The van der Waals surface area contributed by atoms with Gasteiger partial charge in [-0.3, -0.25) is 9.80 Å². The molecule has 0 spiro atoms. The van der Waals surface area contributed by atoms with Crippen molar-refractivity contribution in [2.45, 2.75) is 31.4 Å². The number of nitrogens with one attached hydrogen (secondary N) is 1. The molecule has 0 bridgehead atoms. The number of hydrazone groups is 1.